The van der Waals surface area contributed by atoms with Crippen molar-refractivity contribution in [1.29, 1.82) is 0 Å². The maximum Gasteiger partial charge on any atom is 0.0570 e. The maximum atomic E-state index is 10.1. The van der Waals surface area contributed by atoms with Crippen molar-refractivity contribution in [3.8, 4) is 0 Å². The van der Waals surface area contributed by atoms with Gasteiger partial charge in [-0.3, -0.25) is 0 Å². The zero-order valence-corrected chi connectivity index (χ0v) is 11.7. The van der Waals surface area contributed by atoms with Crippen LogP contribution >= 0.6 is 0 Å². The number of aliphatic hydroxyl groups is 1. The summed E-state index contributed by atoms with van der Waals surface area (Å²) in [5.41, 5.74) is 0.258. The van der Waals surface area contributed by atoms with Gasteiger partial charge < -0.3 is 10.4 Å². The lowest BCUT2D eigenvalue weighted by molar-refractivity contribution is 0.0402. The summed E-state index contributed by atoms with van der Waals surface area (Å²) in [5, 5.41) is 13.9. The Bertz CT molecular complexity index is 240. The number of hydrogen-bond donors (Lipinski definition) is 2. The molecule has 0 spiro atoms. The van der Waals surface area contributed by atoms with Gasteiger partial charge in [0.25, 0.3) is 0 Å². The minimum Gasteiger partial charge on any atom is -0.393 e. The maximum absolute atomic E-state index is 10.1. The first-order valence-corrected chi connectivity index (χ1v) is 7.41. The van der Waals surface area contributed by atoms with Gasteiger partial charge in [-0.25, -0.2) is 0 Å². The molecule has 0 bridgehead atoms. The number of aliphatic hydroxyl groups excluding tert-OH is 1. The third-order valence-electron chi connectivity index (χ3n) is 4.71. The summed E-state index contributed by atoms with van der Waals surface area (Å²) in [6.07, 6.45) is 8.71. The van der Waals surface area contributed by atoms with Gasteiger partial charge in [0.15, 0.2) is 0 Å². The molecule has 2 N–H and O–H groups in total. The highest BCUT2D eigenvalue weighted by atomic mass is 16.3. The Hall–Kier alpha value is -0.0800. The van der Waals surface area contributed by atoms with Crippen molar-refractivity contribution in [3.63, 3.8) is 0 Å². The second kappa shape index (κ2) is 5.27. The van der Waals surface area contributed by atoms with E-state index < -0.39 is 0 Å². The first kappa shape index (κ1) is 13.4. The van der Waals surface area contributed by atoms with Crippen molar-refractivity contribution < 1.29 is 5.11 Å². The lowest BCUT2D eigenvalue weighted by Crippen LogP contribution is -2.55. The van der Waals surface area contributed by atoms with E-state index >= 15 is 0 Å². The number of rotatable bonds is 1. The molecule has 17 heavy (non-hydrogen) atoms. The van der Waals surface area contributed by atoms with Crippen molar-refractivity contribution in [2.45, 2.75) is 83.9 Å². The molecule has 0 aromatic heterocycles. The molecule has 1 saturated heterocycles. The lowest BCUT2D eigenvalue weighted by atomic mass is 9.74. The van der Waals surface area contributed by atoms with Gasteiger partial charge in [-0.1, -0.05) is 40.0 Å². The molecule has 1 aliphatic carbocycles. The monoisotopic (exact) mass is 239 g/mol. The Kier molecular flexibility index (Phi) is 4.14. The molecule has 0 aromatic carbocycles. The van der Waals surface area contributed by atoms with E-state index in [2.05, 4.69) is 26.1 Å². The van der Waals surface area contributed by atoms with Crippen LogP contribution in [-0.2, 0) is 0 Å². The molecule has 100 valence electrons. The van der Waals surface area contributed by atoms with E-state index in [1.807, 2.05) is 0 Å². The molecule has 1 saturated carbocycles. The normalized spacial score (nSPS) is 37.1. The number of piperidine rings is 1. The van der Waals surface area contributed by atoms with Gasteiger partial charge in [0.2, 0.25) is 0 Å². The minimum absolute atomic E-state index is 0.0904. The van der Waals surface area contributed by atoms with Crippen LogP contribution in [0.25, 0.3) is 0 Å². The average molecular weight is 239 g/mol. The highest BCUT2D eigenvalue weighted by Gasteiger charge is 2.37. The zero-order valence-electron chi connectivity index (χ0n) is 11.7. The van der Waals surface area contributed by atoms with Crippen molar-refractivity contribution >= 4 is 0 Å². The van der Waals surface area contributed by atoms with Gasteiger partial charge in [-0.2, -0.15) is 0 Å². The van der Waals surface area contributed by atoms with E-state index in [0.717, 1.165) is 18.8 Å². The Morgan fingerprint density at radius 1 is 1.00 bits per heavy atom. The summed E-state index contributed by atoms with van der Waals surface area (Å²) in [5.74, 6) is 0.809. The van der Waals surface area contributed by atoms with E-state index in [1.165, 1.54) is 32.1 Å². The molecule has 2 heteroatoms. The first-order valence-electron chi connectivity index (χ1n) is 7.41. The topological polar surface area (TPSA) is 32.3 Å². The lowest BCUT2D eigenvalue weighted by Gasteiger charge is -2.44. The molecule has 0 radical (unpaired) electrons. The summed E-state index contributed by atoms with van der Waals surface area (Å²) < 4.78 is 0. The quantitative estimate of drug-likeness (QED) is 0.737. The van der Waals surface area contributed by atoms with Gasteiger partial charge >= 0.3 is 0 Å². The third-order valence-corrected chi connectivity index (χ3v) is 4.71. The summed E-state index contributed by atoms with van der Waals surface area (Å²) >= 11 is 0. The van der Waals surface area contributed by atoms with E-state index in [1.54, 1.807) is 0 Å². The van der Waals surface area contributed by atoms with Crippen LogP contribution in [0.4, 0.5) is 0 Å². The Morgan fingerprint density at radius 2 is 1.65 bits per heavy atom. The fourth-order valence-corrected chi connectivity index (χ4v) is 3.52. The molecule has 2 fully saturated rings. The molecule has 0 aromatic rings. The van der Waals surface area contributed by atoms with Crippen molar-refractivity contribution in [1.82, 2.24) is 5.32 Å². The number of hydrogen-bond acceptors (Lipinski definition) is 2. The van der Waals surface area contributed by atoms with Crippen LogP contribution in [-0.4, -0.2) is 23.3 Å². The summed E-state index contributed by atoms with van der Waals surface area (Å²) in [4.78, 5) is 0. The Morgan fingerprint density at radius 3 is 2.24 bits per heavy atom. The fourth-order valence-electron chi connectivity index (χ4n) is 3.52. The molecule has 3 atom stereocenters. The SMILES string of the molecule is CC(C)(C)[C@H]1C[C@@H](O)C[C@@H](C2CCCCC2)N1. The average Bonchev–Trinajstić information content (AvgIpc) is 2.28. The Balaban J connectivity index is 1.97. The highest BCUT2D eigenvalue weighted by molar-refractivity contribution is 4.94. The molecular formula is C15H29NO. The van der Waals surface area contributed by atoms with Crippen LogP contribution in [0, 0.1) is 11.3 Å². The van der Waals surface area contributed by atoms with Crippen LogP contribution in [0.2, 0.25) is 0 Å². The zero-order chi connectivity index (χ0) is 12.5. The van der Waals surface area contributed by atoms with Crippen molar-refractivity contribution in [2.75, 3.05) is 0 Å². The van der Waals surface area contributed by atoms with Crippen molar-refractivity contribution in [2.24, 2.45) is 11.3 Å². The Labute approximate surface area is 106 Å². The smallest absolute Gasteiger partial charge is 0.0570 e. The van der Waals surface area contributed by atoms with Crippen LogP contribution in [0.5, 0.6) is 0 Å². The predicted octanol–water partition coefficient (Wildman–Crippen LogP) is 3.09. The summed E-state index contributed by atoms with van der Waals surface area (Å²) in [6, 6.07) is 1.03. The third kappa shape index (κ3) is 3.45. The predicted molar refractivity (Wildman–Crippen MR) is 72.0 cm³/mol. The van der Waals surface area contributed by atoms with Gasteiger partial charge in [0.05, 0.1) is 6.10 Å². The molecule has 2 nitrogen and oxygen atoms in total. The van der Waals surface area contributed by atoms with E-state index in [4.69, 9.17) is 0 Å². The van der Waals surface area contributed by atoms with Gasteiger partial charge in [-0.05, 0) is 37.0 Å². The van der Waals surface area contributed by atoms with Gasteiger partial charge in [0.1, 0.15) is 0 Å². The van der Waals surface area contributed by atoms with E-state index in [0.29, 0.717) is 12.1 Å². The molecule has 1 heterocycles. The highest BCUT2D eigenvalue weighted by Crippen LogP contribution is 2.34. The second-order valence-electron chi connectivity index (χ2n) is 7.22. The van der Waals surface area contributed by atoms with Crippen LogP contribution in [0.1, 0.15) is 65.7 Å². The fraction of sp³-hybridized carbons (Fsp3) is 1.00. The van der Waals surface area contributed by atoms with Gasteiger partial charge in [0, 0.05) is 12.1 Å². The standard InChI is InChI=1S/C15H29NO/c1-15(2,3)14-10-12(17)9-13(16-14)11-7-5-4-6-8-11/h11-14,16-17H,4-10H2,1-3H3/t12-,13-,14+/m0/s1. The molecule has 2 aliphatic rings. The largest absolute Gasteiger partial charge is 0.393 e. The molecular weight excluding hydrogens is 210 g/mol. The van der Waals surface area contributed by atoms with Crippen LogP contribution < -0.4 is 5.32 Å². The molecule has 0 amide bonds. The van der Waals surface area contributed by atoms with E-state index in [-0.39, 0.29) is 11.5 Å². The van der Waals surface area contributed by atoms with Crippen LogP contribution in [0.15, 0.2) is 0 Å². The molecule has 2 rings (SSSR count). The first-order chi connectivity index (χ1) is 7.97. The molecule has 1 aliphatic heterocycles. The minimum atomic E-state index is -0.0904. The van der Waals surface area contributed by atoms with Gasteiger partial charge in [-0.15, -0.1) is 0 Å². The van der Waals surface area contributed by atoms with E-state index in [9.17, 15) is 5.11 Å². The van der Waals surface area contributed by atoms with Crippen molar-refractivity contribution in [3.05, 3.63) is 0 Å². The number of nitrogens with one attached hydrogen (secondary N) is 1. The van der Waals surface area contributed by atoms with Crippen LogP contribution in [0.3, 0.4) is 0 Å². The second-order valence-corrected chi connectivity index (χ2v) is 7.22. The summed E-state index contributed by atoms with van der Waals surface area (Å²) in [7, 11) is 0. The summed E-state index contributed by atoms with van der Waals surface area (Å²) in [6.45, 7) is 6.84. The molecule has 0 unspecified atom stereocenters.